The fourth-order valence-electron chi connectivity index (χ4n) is 1.14. The van der Waals surface area contributed by atoms with Crippen LogP contribution in [0.2, 0.25) is 0 Å². The molecule has 1 aromatic rings. The van der Waals surface area contributed by atoms with Crippen molar-refractivity contribution in [2.45, 2.75) is 6.29 Å². The van der Waals surface area contributed by atoms with E-state index in [2.05, 4.69) is 9.88 Å². The molecule has 1 atom stereocenters. The first-order valence-electron chi connectivity index (χ1n) is 4.10. The molecule has 0 aliphatic rings. The van der Waals surface area contributed by atoms with E-state index in [0.29, 0.717) is 0 Å². The van der Waals surface area contributed by atoms with E-state index >= 15 is 0 Å². The fraction of sp³-hybridized carbons (Fsp3) is 0.222. The number of ether oxygens (including phenoxy) is 1. The van der Waals surface area contributed by atoms with E-state index in [1.54, 1.807) is 0 Å². The van der Waals surface area contributed by atoms with Crippen LogP contribution in [0.25, 0.3) is 0 Å². The minimum Gasteiger partial charge on any atom is -0.497 e. The Morgan fingerprint density at radius 3 is 2.62 bits per heavy atom. The number of aliphatic hydroxyl groups is 1. The maximum absolute atomic E-state index is 11.8. The van der Waals surface area contributed by atoms with Crippen molar-refractivity contribution in [3.05, 3.63) is 29.3 Å². The SMILES string of the molecule is COc1ccc(C(O)OF)c(C(=O)OF)c1. The average Bonchev–Trinajstić information content (AvgIpc) is 2.36. The summed E-state index contributed by atoms with van der Waals surface area (Å²) in [5.74, 6) is -1.17. The second kappa shape index (κ2) is 5.38. The summed E-state index contributed by atoms with van der Waals surface area (Å²) < 4.78 is 28.3. The van der Waals surface area contributed by atoms with Crippen molar-refractivity contribution in [1.82, 2.24) is 0 Å². The van der Waals surface area contributed by atoms with Gasteiger partial charge >= 0.3 is 5.97 Å². The molecule has 0 spiro atoms. The highest BCUT2D eigenvalue weighted by Crippen LogP contribution is 2.25. The molecule has 0 radical (unpaired) electrons. The van der Waals surface area contributed by atoms with Gasteiger partial charge in [-0.3, -0.25) is 0 Å². The lowest BCUT2D eigenvalue weighted by atomic mass is 10.1. The largest absolute Gasteiger partial charge is 0.497 e. The Kier molecular flexibility index (Phi) is 4.15. The zero-order valence-corrected chi connectivity index (χ0v) is 8.15. The van der Waals surface area contributed by atoms with Crippen molar-refractivity contribution in [2.24, 2.45) is 0 Å². The summed E-state index contributed by atoms with van der Waals surface area (Å²) in [7, 11) is 1.32. The zero-order chi connectivity index (χ0) is 12.1. The van der Waals surface area contributed by atoms with Crippen molar-refractivity contribution < 1.29 is 33.6 Å². The van der Waals surface area contributed by atoms with Gasteiger partial charge in [0.1, 0.15) is 5.75 Å². The number of methoxy groups -OCH3 is 1. The first-order valence-corrected chi connectivity index (χ1v) is 4.10. The van der Waals surface area contributed by atoms with Crippen molar-refractivity contribution in [3.63, 3.8) is 0 Å². The van der Waals surface area contributed by atoms with Crippen LogP contribution in [0.4, 0.5) is 9.05 Å². The second-order valence-corrected chi connectivity index (χ2v) is 2.76. The Morgan fingerprint density at radius 2 is 2.12 bits per heavy atom. The summed E-state index contributed by atoms with van der Waals surface area (Å²) >= 11 is 0. The minimum absolute atomic E-state index is 0.218. The van der Waals surface area contributed by atoms with Gasteiger partial charge < -0.3 is 9.84 Å². The van der Waals surface area contributed by atoms with Crippen LogP contribution in [0.5, 0.6) is 5.75 Å². The number of aliphatic hydroxyl groups excluding tert-OH is 1. The lowest BCUT2D eigenvalue weighted by Gasteiger charge is -2.10. The Morgan fingerprint density at radius 1 is 1.44 bits per heavy atom. The van der Waals surface area contributed by atoms with Gasteiger partial charge in [0.25, 0.3) is 0 Å². The molecule has 0 heterocycles. The van der Waals surface area contributed by atoms with Crippen LogP contribution in [0, 0.1) is 0 Å². The standard InChI is InChI=1S/C9H8F2O5/c1-14-5-2-3-6(8(12)15-10)7(4-5)9(13)16-11/h2-4,8,12H,1H3. The maximum Gasteiger partial charge on any atom is 0.380 e. The van der Waals surface area contributed by atoms with Crippen molar-refractivity contribution >= 4 is 5.97 Å². The molecule has 88 valence electrons. The van der Waals surface area contributed by atoms with E-state index in [1.807, 2.05) is 0 Å². The highest BCUT2D eigenvalue weighted by Gasteiger charge is 2.21. The molecule has 16 heavy (non-hydrogen) atoms. The lowest BCUT2D eigenvalue weighted by molar-refractivity contribution is -0.260. The van der Waals surface area contributed by atoms with Crippen molar-refractivity contribution in [3.8, 4) is 5.75 Å². The molecule has 7 heteroatoms. The van der Waals surface area contributed by atoms with Gasteiger partial charge in [0.05, 0.1) is 12.7 Å². The average molecular weight is 234 g/mol. The van der Waals surface area contributed by atoms with Gasteiger partial charge in [-0.15, -0.1) is 0 Å². The Hall–Kier alpha value is -1.73. The summed E-state index contributed by atoms with van der Waals surface area (Å²) in [5, 5.41) is 9.05. The molecule has 0 fully saturated rings. The van der Waals surface area contributed by atoms with Crippen LogP contribution >= 0.6 is 0 Å². The van der Waals surface area contributed by atoms with Crippen molar-refractivity contribution in [2.75, 3.05) is 7.11 Å². The summed E-state index contributed by atoms with van der Waals surface area (Å²) in [6.45, 7) is 0. The van der Waals surface area contributed by atoms with Crippen molar-refractivity contribution in [1.29, 1.82) is 0 Å². The third-order valence-electron chi connectivity index (χ3n) is 1.90. The molecule has 0 aliphatic carbocycles. The van der Waals surface area contributed by atoms with Gasteiger partial charge in [0.2, 0.25) is 6.29 Å². The van der Waals surface area contributed by atoms with Gasteiger partial charge in [-0.1, -0.05) is 0 Å². The predicted molar refractivity (Wildman–Crippen MR) is 46.7 cm³/mol. The van der Waals surface area contributed by atoms with Crippen LogP contribution in [-0.4, -0.2) is 18.2 Å². The minimum atomic E-state index is -2.00. The number of benzene rings is 1. The monoisotopic (exact) mass is 234 g/mol. The number of halogens is 2. The maximum atomic E-state index is 11.8. The van der Waals surface area contributed by atoms with E-state index in [-0.39, 0.29) is 11.3 Å². The molecule has 0 amide bonds. The molecular weight excluding hydrogens is 226 g/mol. The zero-order valence-electron chi connectivity index (χ0n) is 8.15. The summed E-state index contributed by atoms with van der Waals surface area (Å²) in [6.07, 6.45) is -2.00. The predicted octanol–water partition coefficient (Wildman–Crippen LogP) is 1.63. The molecule has 0 saturated heterocycles. The number of rotatable bonds is 4. The molecule has 1 N–H and O–H groups in total. The van der Waals surface area contributed by atoms with Crippen LogP contribution < -0.4 is 4.74 Å². The highest BCUT2D eigenvalue weighted by molar-refractivity contribution is 5.91. The van der Waals surface area contributed by atoms with Crippen LogP contribution in [0.1, 0.15) is 22.2 Å². The van der Waals surface area contributed by atoms with E-state index in [0.717, 1.165) is 12.1 Å². The molecular formula is C9H8F2O5. The van der Waals surface area contributed by atoms with Crippen LogP contribution in [-0.2, 0) is 9.88 Å². The van der Waals surface area contributed by atoms with Crippen LogP contribution in [0.15, 0.2) is 18.2 Å². The lowest BCUT2D eigenvalue weighted by Crippen LogP contribution is -2.08. The van der Waals surface area contributed by atoms with E-state index in [4.69, 9.17) is 9.84 Å². The van der Waals surface area contributed by atoms with Gasteiger partial charge in [-0.25, -0.2) is 9.74 Å². The number of hydrogen-bond acceptors (Lipinski definition) is 5. The number of hydrogen-bond donors (Lipinski definition) is 1. The molecule has 1 unspecified atom stereocenters. The molecule has 1 aromatic carbocycles. The van der Waals surface area contributed by atoms with Gasteiger partial charge in [0, 0.05) is 10.1 Å². The number of carbonyl (C=O) groups is 1. The third-order valence-corrected chi connectivity index (χ3v) is 1.90. The van der Waals surface area contributed by atoms with Gasteiger partial charge in [0.15, 0.2) is 0 Å². The first-order chi connectivity index (χ1) is 7.63. The quantitative estimate of drug-likeness (QED) is 0.802. The second-order valence-electron chi connectivity index (χ2n) is 2.76. The van der Waals surface area contributed by atoms with E-state index in [1.165, 1.54) is 13.2 Å². The van der Waals surface area contributed by atoms with E-state index in [9.17, 15) is 13.8 Å². The first kappa shape index (κ1) is 12.3. The molecule has 0 saturated carbocycles. The summed E-state index contributed by atoms with van der Waals surface area (Å²) in [6, 6.07) is 3.57. The van der Waals surface area contributed by atoms with Gasteiger partial charge in [-0.2, -0.15) is 4.94 Å². The number of carbonyl (C=O) groups excluding carboxylic acids is 1. The fourth-order valence-corrected chi connectivity index (χ4v) is 1.14. The Labute approximate surface area is 89.0 Å². The Bertz CT molecular complexity index is 382. The molecule has 0 aromatic heterocycles. The molecule has 1 rings (SSSR count). The molecule has 0 bridgehead atoms. The smallest absolute Gasteiger partial charge is 0.380 e. The normalized spacial score (nSPS) is 12.0. The summed E-state index contributed by atoms with van der Waals surface area (Å²) in [5.41, 5.74) is -0.669. The molecule has 0 aliphatic heterocycles. The Balaban J connectivity index is 3.21. The highest BCUT2D eigenvalue weighted by atomic mass is 19.3. The van der Waals surface area contributed by atoms with Gasteiger partial charge in [-0.05, 0) is 22.7 Å². The summed E-state index contributed by atoms with van der Waals surface area (Å²) in [4.78, 5) is 17.1. The van der Waals surface area contributed by atoms with E-state index < -0.39 is 17.8 Å². The topological polar surface area (TPSA) is 65.0 Å². The third kappa shape index (κ3) is 2.44. The molecule has 5 nitrogen and oxygen atoms in total. The van der Waals surface area contributed by atoms with Crippen LogP contribution in [0.3, 0.4) is 0 Å².